The van der Waals surface area contributed by atoms with Gasteiger partial charge in [0.2, 0.25) is 0 Å². The highest BCUT2D eigenvalue weighted by Crippen LogP contribution is 2.68. The van der Waals surface area contributed by atoms with Crippen LogP contribution in [0.1, 0.15) is 20.8 Å². The molecule has 0 atom stereocenters. The van der Waals surface area contributed by atoms with Crippen molar-refractivity contribution in [1.29, 1.82) is 0 Å². The van der Waals surface area contributed by atoms with Crippen molar-refractivity contribution in [3.8, 4) is 0 Å². The Labute approximate surface area is 147 Å². The molecule has 3 rings (SSSR count). The lowest BCUT2D eigenvalue weighted by atomic mass is 10.4. The highest BCUT2D eigenvalue weighted by Gasteiger charge is 2.31. The van der Waals surface area contributed by atoms with E-state index in [0.29, 0.717) is 6.61 Å². The third-order valence-electron chi connectivity index (χ3n) is 3.52. The van der Waals surface area contributed by atoms with Crippen molar-refractivity contribution >= 4 is 10.3 Å². The molecule has 0 unspecified atom stereocenters. The fourth-order valence-corrected chi connectivity index (χ4v) is 5.83. The van der Waals surface area contributed by atoms with Crippen LogP contribution in [0, 0.1) is 0 Å². The maximum atomic E-state index is 6.47. The van der Waals surface area contributed by atoms with Crippen LogP contribution in [0.25, 0.3) is 0 Å². The average molecular weight is 339 g/mol. The van der Waals surface area contributed by atoms with Crippen molar-refractivity contribution in [3.05, 3.63) is 91.0 Å². The topological polar surface area (TPSA) is 9.23 Å². The monoisotopic (exact) mass is 338 g/mol. The highest BCUT2D eigenvalue weighted by atomic mass is 32.3. The molecule has 0 saturated carbocycles. The maximum absolute atomic E-state index is 6.47. The lowest BCUT2D eigenvalue weighted by molar-refractivity contribution is 0.380. The quantitative estimate of drug-likeness (QED) is 0.489. The van der Waals surface area contributed by atoms with Gasteiger partial charge in [-0.1, -0.05) is 78.8 Å². The zero-order chi connectivity index (χ0) is 17.3. The summed E-state index contributed by atoms with van der Waals surface area (Å²) in [7, 11) is -1.68. The first-order chi connectivity index (χ1) is 11.9. The van der Waals surface area contributed by atoms with Gasteiger partial charge in [-0.15, -0.1) is 0 Å². The summed E-state index contributed by atoms with van der Waals surface area (Å²) in [5.74, 6) is 0. The van der Waals surface area contributed by atoms with E-state index < -0.39 is 10.3 Å². The summed E-state index contributed by atoms with van der Waals surface area (Å²) in [5.41, 5.74) is 0. The predicted octanol–water partition coefficient (Wildman–Crippen LogP) is 6.95. The number of rotatable bonds is 5. The zero-order valence-corrected chi connectivity index (χ0v) is 15.5. The van der Waals surface area contributed by atoms with Crippen LogP contribution >= 0.6 is 10.3 Å². The van der Waals surface area contributed by atoms with Gasteiger partial charge in [0.15, 0.2) is 0 Å². The van der Waals surface area contributed by atoms with E-state index in [0.717, 1.165) is 0 Å². The maximum Gasteiger partial charge on any atom is 0.0576 e. The largest absolute Gasteiger partial charge is 0.324 e. The molecule has 1 nitrogen and oxygen atoms in total. The summed E-state index contributed by atoms with van der Waals surface area (Å²) in [6.45, 7) is 6.74. The standard InChI is InChI=1S/C20H20OS.C2H6/c1-2-21-22(18-12-6-3-7-13-18,19-14-8-4-9-15-19)20-16-10-5-11-17-20;1-2/h3-17H,2H2,1H3;1-2H3. The van der Waals surface area contributed by atoms with Crippen LogP contribution in [-0.2, 0) is 4.18 Å². The van der Waals surface area contributed by atoms with Crippen LogP contribution in [0.15, 0.2) is 106 Å². The van der Waals surface area contributed by atoms with Crippen molar-refractivity contribution in [2.75, 3.05) is 6.61 Å². The zero-order valence-electron chi connectivity index (χ0n) is 14.7. The fourth-order valence-electron chi connectivity index (χ4n) is 2.63. The van der Waals surface area contributed by atoms with E-state index in [1.165, 1.54) is 14.7 Å². The molecule has 0 aliphatic rings. The Bertz CT molecular complexity index is 599. The summed E-state index contributed by atoms with van der Waals surface area (Å²) in [6.07, 6.45) is 0. The molecule has 0 fully saturated rings. The van der Waals surface area contributed by atoms with Crippen LogP contribution in [0.4, 0.5) is 0 Å². The third-order valence-corrected chi connectivity index (χ3v) is 6.92. The van der Waals surface area contributed by atoms with Gasteiger partial charge in [0, 0.05) is 14.7 Å². The molecular formula is C22H26OS. The Morgan fingerprint density at radius 2 is 0.875 bits per heavy atom. The molecule has 0 heterocycles. The van der Waals surface area contributed by atoms with Crippen LogP contribution in [0.3, 0.4) is 0 Å². The molecule has 126 valence electrons. The van der Waals surface area contributed by atoms with Gasteiger partial charge in [0.05, 0.1) is 6.61 Å². The van der Waals surface area contributed by atoms with E-state index in [1.54, 1.807) is 0 Å². The van der Waals surface area contributed by atoms with Crippen molar-refractivity contribution in [1.82, 2.24) is 0 Å². The summed E-state index contributed by atoms with van der Waals surface area (Å²) >= 11 is 0. The third kappa shape index (κ3) is 3.72. The van der Waals surface area contributed by atoms with Gasteiger partial charge in [-0.05, 0) is 43.3 Å². The van der Waals surface area contributed by atoms with E-state index >= 15 is 0 Å². The van der Waals surface area contributed by atoms with Crippen LogP contribution in [-0.4, -0.2) is 6.61 Å². The molecule has 2 heteroatoms. The molecule has 0 bridgehead atoms. The van der Waals surface area contributed by atoms with Gasteiger partial charge in [-0.3, -0.25) is 0 Å². The molecule has 0 spiro atoms. The molecule has 3 aromatic rings. The Kier molecular flexibility index (Phi) is 7.10. The Morgan fingerprint density at radius 1 is 0.583 bits per heavy atom. The van der Waals surface area contributed by atoms with Crippen molar-refractivity contribution < 1.29 is 4.18 Å². The second kappa shape index (κ2) is 9.31. The van der Waals surface area contributed by atoms with Gasteiger partial charge in [0.25, 0.3) is 0 Å². The van der Waals surface area contributed by atoms with E-state index in [9.17, 15) is 0 Å². The molecular weight excluding hydrogens is 312 g/mol. The molecule has 0 N–H and O–H groups in total. The Morgan fingerprint density at radius 3 is 1.12 bits per heavy atom. The Hall–Kier alpha value is -2.03. The lowest BCUT2D eigenvalue weighted by Gasteiger charge is -2.40. The summed E-state index contributed by atoms with van der Waals surface area (Å²) < 4.78 is 6.47. The molecule has 0 radical (unpaired) electrons. The minimum Gasteiger partial charge on any atom is -0.324 e. The molecule has 0 aliphatic heterocycles. The predicted molar refractivity (Wildman–Crippen MR) is 105 cm³/mol. The van der Waals surface area contributed by atoms with Gasteiger partial charge in [-0.2, -0.15) is 0 Å². The Balaban J connectivity index is 0.00000100. The molecule has 24 heavy (non-hydrogen) atoms. The normalized spacial score (nSPS) is 11.3. The van der Waals surface area contributed by atoms with Gasteiger partial charge >= 0.3 is 0 Å². The summed E-state index contributed by atoms with van der Waals surface area (Å²) in [6, 6.07) is 31.7. The van der Waals surface area contributed by atoms with Gasteiger partial charge in [-0.25, -0.2) is 0 Å². The molecule has 3 aromatic carbocycles. The van der Waals surface area contributed by atoms with Gasteiger partial charge in [0.1, 0.15) is 0 Å². The van der Waals surface area contributed by atoms with E-state index in [2.05, 4.69) is 97.9 Å². The number of benzene rings is 3. The minimum atomic E-state index is -1.68. The molecule has 0 saturated heterocycles. The summed E-state index contributed by atoms with van der Waals surface area (Å²) in [5, 5.41) is 0. The van der Waals surface area contributed by atoms with E-state index in [4.69, 9.17) is 4.18 Å². The van der Waals surface area contributed by atoms with Crippen LogP contribution < -0.4 is 0 Å². The highest BCUT2D eigenvalue weighted by molar-refractivity contribution is 8.30. The van der Waals surface area contributed by atoms with Crippen molar-refractivity contribution in [3.63, 3.8) is 0 Å². The molecule has 0 aromatic heterocycles. The first kappa shape index (κ1) is 18.3. The van der Waals surface area contributed by atoms with Crippen molar-refractivity contribution in [2.45, 2.75) is 35.5 Å². The van der Waals surface area contributed by atoms with E-state index in [1.807, 2.05) is 13.8 Å². The fraction of sp³-hybridized carbons (Fsp3) is 0.182. The summed E-state index contributed by atoms with van der Waals surface area (Å²) in [4.78, 5) is 3.69. The minimum absolute atomic E-state index is 0.675. The average Bonchev–Trinajstić information content (AvgIpc) is 2.70. The van der Waals surface area contributed by atoms with Crippen molar-refractivity contribution in [2.24, 2.45) is 0 Å². The molecule has 0 aliphatic carbocycles. The number of hydrogen-bond donors (Lipinski definition) is 0. The van der Waals surface area contributed by atoms with Crippen LogP contribution in [0.5, 0.6) is 0 Å². The first-order valence-electron chi connectivity index (χ1n) is 8.51. The smallest absolute Gasteiger partial charge is 0.0576 e. The second-order valence-corrected chi connectivity index (χ2v) is 7.66. The molecule has 0 amide bonds. The second-order valence-electron chi connectivity index (χ2n) is 4.90. The lowest BCUT2D eigenvalue weighted by Crippen LogP contribution is -2.07. The first-order valence-corrected chi connectivity index (χ1v) is 10.1. The van der Waals surface area contributed by atoms with Gasteiger partial charge < -0.3 is 4.18 Å². The van der Waals surface area contributed by atoms with Crippen LogP contribution in [0.2, 0.25) is 0 Å². The SMILES string of the molecule is CC.CCOS(c1ccccc1)(c1ccccc1)c1ccccc1. The van der Waals surface area contributed by atoms with E-state index in [-0.39, 0.29) is 0 Å². The number of hydrogen-bond acceptors (Lipinski definition) is 1.